The molecule has 21 heavy (non-hydrogen) atoms. The fourth-order valence-electron chi connectivity index (χ4n) is 3.10. The molecule has 2 aliphatic rings. The van der Waals surface area contributed by atoms with Crippen LogP contribution in [0.2, 0.25) is 0 Å². The summed E-state index contributed by atoms with van der Waals surface area (Å²) in [5, 5.41) is 0. The lowest BCUT2D eigenvalue weighted by Crippen LogP contribution is -2.40. The molecule has 0 saturated heterocycles. The molecule has 0 aliphatic heterocycles. The van der Waals surface area contributed by atoms with Crippen LogP contribution in [0.15, 0.2) is 23.8 Å². The Bertz CT molecular complexity index is 463. The Morgan fingerprint density at radius 1 is 1.38 bits per heavy atom. The van der Waals surface area contributed by atoms with Gasteiger partial charge in [0, 0.05) is 6.42 Å². The molecule has 0 radical (unpaired) electrons. The number of amides is 1. The molecule has 118 valence electrons. The Morgan fingerprint density at radius 2 is 2.00 bits per heavy atom. The van der Waals surface area contributed by atoms with Gasteiger partial charge in [0.25, 0.3) is 0 Å². The second-order valence-corrected chi connectivity index (χ2v) is 5.94. The van der Waals surface area contributed by atoms with Gasteiger partial charge in [-0.3, -0.25) is 4.79 Å². The van der Waals surface area contributed by atoms with E-state index in [1.54, 1.807) is 0 Å². The minimum absolute atomic E-state index is 0.372. The van der Waals surface area contributed by atoms with Crippen molar-refractivity contribution in [3.05, 3.63) is 23.8 Å². The van der Waals surface area contributed by atoms with Crippen LogP contribution in [0, 0.1) is 11.8 Å². The molecule has 0 aromatic rings. The number of alkyl halides is 4. The third kappa shape index (κ3) is 3.47. The molecule has 2 N–H and O–H groups in total. The van der Waals surface area contributed by atoms with Crippen LogP contribution in [-0.4, -0.2) is 17.8 Å². The topological polar surface area (TPSA) is 43.1 Å². The number of carbonyl (C=O) groups excluding carboxylic acids is 1. The Hall–Kier alpha value is -1.33. The van der Waals surface area contributed by atoms with Crippen LogP contribution in [0.1, 0.15) is 38.5 Å². The minimum atomic E-state index is -4.95. The van der Waals surface area contributed by atoms with Crippen LogP contribution < -0.4 is 5.73 Å². The van der Waals surface area contributed by atoms with Gasteiger partial charge in [0.2, 0.25) is 11.6 Å². The summed E-state index contributed by atoms with van der Waals surface area (Å²) in [6, 6.07) is 0. The van der Waals surface area contributed by atoms with Gasteiger partial charge in [-0.1, -0.05) is 37.8 Å². The number of nitrogens with two attached hydrogens (primary N) is 1. The SMILES string of the molecule is NC(=O)C(CC1CCCC1)C1=CCC(F)(C(F)(F)F)C=C1. The van der Waals surface area contributed by atoms with Gasteiger partial charge in [0.05, 0.1) is 5.92 Å². The number of hydrogen-bond acceptors (Lipinski definition) is 1. The molecule has 0 aromatic carbocycles. The first kappa shape index (κ1) is 16.0. The van der Waals surface area contributed by atoms with E-state index < -0.39 is 30.1 Å². The van der Waals surface area contributed by atoms with Crippen molar-refractivity contribution in [2.24, 2.45) is 17.6 Å². The molecular weight excluding hydrogens is 286 g/mol. The highest BCUT2D eigenvalue weighted by Crippen LogP contribution is 2.42. The van der Waals surface area contributed by atoms with Crippen LogP contribution in [0.4, 0.5) is 17.6 Å². The highest BCUT2D eigenvalue weighted by atomic mass is 19.4. The second kappa shape index (κ2) is 5.81. The largest absolute Gasteiger partial charge is 0.426 e. The average molecular weight is 305 g/mol. The summed E-state index contributed by atoms with van der Waals surface area (Å²) in [5.41, 5.74) is 2.44. The smallest absolute Gasteiger partial charge is 0.369 e. The number of primary amides is 1. The van der Waals surface area contributed by atoms with Crippen molar-refractivity contribution in [1.82, 2.24) is 0 Å². The Labute approximate surface area is 121 Å². The quantitative estimate of drug-likeness (QED) is 0.788. The van der Waals surface area contributed by atoms with E-state index in [1.165, 1.54) is 0 Å². The number of rotatable bonds is 4. The number of halogens is 4. The molecule has 2 rings (SSSR count). The monoisotopic (exact) mass is 305 g/mol. The van der Waals surface area contributed by atoms with Crippen molar-refractivity contribution in [2.45, 2.75) is 50.4 Å². The van der Waals surface area contributed by atoms with Gasteiger partial charge in [-0.05, 0) is 24.0 Å². The predicted molar refractivity (Wildman–Crippen MR) is 71.0 cm³/mol. The van der Waals surface area contributed by atoms with E-state index >= 15 is 0 Å². The van der Waals surface area contributed by atoms with Crippen LogP contribution >= 0.6 is 0 Å². The molecule has 0 bridgehead atoms. The van der Waals surface area contributed by atoms with Crippen molar-refractivity contribution in [3.8, 4) is 0 Å². The third-order valence-electron chi connectivity index (χ3n) is 4.44. The molecule has 6 heteroatoms. The lowest BCUT2D eigenvalue weighted by molar-refractivity contribution is -0.211. The minimum Gasteiger partial charge on any atom is -0.369 e. The van der Waals surface area contributed by atoms with E-state index in [1.807, 2.05) is 0 Å². The summed E-state index contributed by atoms with van der Waals surface area (Å²) in [7, 11) is 0. The molecule has 0 spiro atoms. The van der Waals surface area contributed by atoms with Crippen LogP contribution in [-0.2, 0) is 4.79 Å². The molecule has 0 aromatic heterocycles. The first-order valence-electron chi connectivity index (χ1n) is 7.17. The Kier molecular flexibility index (Phi) is 4.44. The average Bonchev–Trinajstić information content (AvgIpc) is 2.88. The molecule has 2 aliphatic carbocycles. The van der Waals surface area contributed by atoms with E-state index in [-0.39, 0.29) is 0 Å². The molecule has 2 unspecified atom stereocenters. The van der Waals surface area contributed by atoms with Crippen LogP contribution in [0.5, 0.6) is 0 Å². The number of carbonyl (C=O) groups is 1. The van der Waals surface area contributed by atoms with Crippen molar-refractivity contribution in [1.29, 1.82) is 0 Å². The molecule has 1 saturated carbocycles. The Balaban J connectivity index is 2.09. The van der Waals surface area contributed by atoms with E-state index in [4.69, 9.17) is 5.73 Å². The summed E-state index contributed by atoms with van der Waals surface area (Å²) in [4.78, 5) is 11.6. The first-order chi connectivity index (χ1) is 9.73. The van der Waals surface area contributed by atoms with Crippen molar-refractivity contribution in [3.63, 3.8) is 0 Å². The molecule has 2 nitrogen and oxygen atoms in total. The fourth-order valence-corrected chi connectivity index (χ4v) is 3.10. The fraction of sp³-hybridized carbons (Fsp3) is 0.667. The zero-order chi connectivity index (χ0) is 15.7. The van der Waals surface area contributed by atoms with Gasteiger partial charge in [-0.2, -0.15) is 13.2 Å². The third-order valence-corrected chi connectivity index (χ3v) is 4.44. The summed E-state index contributed by atoms with van der Waals surface area (Å²) in [6.07, 6.45) is 1.77. The maximum atomic E-state index is 13.7. The molecule has 0 heterocycles. The zero-order valence-electron chi connectivity index (χ0n) is 11.6. The lowest BCUT2D eigenvalue weighted by Gasteiger charge is -2.28. The molecule has 1 fully saturated rings. The van der Waals surface area contributed by atoms with Crippen molar-refractivity contribution >= 4 is 5.91 Å². The van der Waals surface area contributed by atoms with Crippen molar-refractivity contribution in [2.75, 3.05) is 0 Å². The number of hydrogen-bond donors (Lipinski definition) is 1. The molecular formula is C15H19F4NO. The summed E-state index contributed by atoms with van der Waals surface area (Å²) in [6.45, 7) is 0. The van der Waals surface area contributed by atoms with Crippen LogP contribution in [0.3, 0.4) is 0 Å². The van der Waals surface area contributed by atoms with E-state index in [2.05, 4.69) is 0 Å². The standard InChI is InChI=1S/C15H19F4NO/c16-14(15(17,18)19)7-5-11(6-8-14)12(13(20)21)9-10-3-1-2-4-10/h5-7,10,12H,1-4,8-9H2,(H2,20,21). The maximum Gasteiger partial charge on any atom is 0.426 e. The van der Waals surface area contributed by atoms with Gasteiger partial charge in [-0.25, -0.2) is 4.39 Å². The highest BCUT2D eigenvalue weighted by Gasteiger charge is 2.54. The second-order valence-electron chi connectivity index (χ2n) is 5.94. The summed E-state index contributed by atoms with van der Waals surface area (Å²) >= 11 is 0. The van der Waals surface area contributed by atoms with Gasteiger partial charge in [-0.15, -0.1) is 0 Å². The highest BCUT2D eigenvalue weighted by molar-refractivity contribution is 5.80. The van der Waals surface area contributed by atoms with E-state index in [0.29, 0.717) is 24.0 Å². The van der Waals surface area contributed by atoms with Crippen LogP contribution in [0.25, 0.3) is 0 Å². The normalized spacial score (nSPS) is 28.5. The summed E-state index contributed by atoms with van der Waals surface area (Å²) in [5.74, 6) is -0.810. The predicted octanol–water partition coefficient (Wildman–Crippen LogP) is 3.83. The molecule has 1 amide bonds. The van der Waals surface area contributed by atoms with Gasteiger partial charge >= 0.3 is 6.18 Å². The molecule has 2 atom stereocenters. The maximum absolute atomic E-state index is 13.7. The van der Waals surface area contributed by atoms with Crippen molar-refractivity contribution < 1.29 is 22.4 Å². The van der Waals surface area contributed by atoms with Gasteiger partial charge < -0.3 is 5.73 Å². The number of allylic oxidation sites excluding steroid dienone is 3. The van der Waals surface area contributed by atoms with Gasteiger partial charge in [0.15, 0.2) is 0 Å². The van der Waals surface area contributed by atoms with Gasteiger partial charge in [0.1, 0.15) is 0 Å². The lowest BCUT2D eigenvalue weighted by atomic mass is 9.82. The van der Waals surface area contributed by atoms with E-state index in [0.717, 1.165) is 37.8 Å². The van der Waals surface area contributed by atoms with E-state index in [9.17, 15) is 22.4 Å². The summed E-state index contributed by atoms with van der Waals surface area (Å²) < 4.78 is 51.5. The zero-order valence-corrected chi connectivity index (χ0v) is 11.6. The Morgan fingerprint density at radius 3 is 2.43 bits per heavy atom. The first-order valence-corrected chi connectivity index (χ1v) is 7.17.